The molecule has 34 heavy (non-hydrogen) atoms. The lowest BCUT2D eigenvalue weighted by Crippen LogP contribution is -2.58. The van der Waals surface area contributed by atoms with Gasteiger partial charge in [-0.1, -0.05) is 20.8 Å². The topological polar surface area (TPSA) is 104 Å². The first-order valence-corrected chi connectivity index (χ1v) is 13.6. The first-order chi connectivity index (χ1) is 15.9. The number of carboxylic acid groups (broad SMARTS) is 1. The minimum Gasteiger partial charge on any atom is -0.481 e. The van der Waals surface area contributed by atoms with Crippen LogP contribution in [0.1, 0.15) is 98.8 Å². The van der Waals surface area contributed by atoms with E-state index in [1.54, 1.807) is 6.92 Å². The number of aliphatic hydroxyl groups excluding tert-OH is 2. The van der Waals surface area contributed by atoms with Crippen LogP contribution in [0.5, 0.6) is 0 Å². The molecule has 0 saturated heterocycles. The van der Waals surface area contributed by atoms with Crippen molar-refractivity contribution in [3.63, 3.8) is 0 Å². The maximum Gasteiger partial charge on any atom is 0.303 e. The molecule has 10 atom stereocenters. The average molecular weight is 481 g/mol. The van der Waals surface area contributed by atoms with Crippen LogP contribution in [-0.4, -0.2) is 46.1 Å². The van der Waals surface area contributed by atoms with Crippen LogP contribution in [0.2, 0.25) is 0 Å². The van der Waals surface area contributed by atoms with Gasteiger partial charge in [0.25, 0.3) is 0 Å². The van der Waals surface area contributed by atoms with E-state index in [1.165, 1.54) is 32.6 Å². The number of carbonyl (C=O) groups is 2. The number of fused-ring (bicyclic) bond motifs is 5. The van der Waals surface area contributed by atoms with Crippen LogP contribution in [0.25, 0.3) is 0 Å². The number of aliphatic hydroxyl groups is 2. The number of rotatable bonds is 5. The summed E-state index contributed by atoms with van der Waals surface area (Å²) in [5.41, 5.74) is 0.523. The van der Waals surface area contributed by atoms with E-state index < -0.39 is 5.97 Å². The van der Waals surface area contributed by atoms with Crippen LogP contribution in [0.3, 0.4) is 0 Å². The number of esters is 1. The van der Waals surface area contributed by atoms with E-state index in [4.69, 9.17) is 5.11 Å². The zero-order valence-electron chi connectivity index (χ0n) is 22.0. The molecule has 3 N–H and O–H groups in total. The predicted molar refractivity (Wildman–Crippen MR) is 131 cm³/mol. The third-order valence-electron chi connectivity index (χ3n) is 10.6. The molecule has 0 aliphatic heterocycles. The number of carbonyl (C=O) groups excluding carboxylic acids is 1. The highest BCUT2D eigenvalue weighted by atomic mass is 16.5. The largest absolute Gasteiger partial charge is 0.481 e. The summed E-state index contributed by atoms with van der Waals surface area (Å²) in [6.07, 6.45) is 9.19. The molecule has 0 aromatic heterocycles. The lowest BCUT2D eigenvalue weighted by atomic mass is 9.43. The van der Waals surface area contributed by atoms with Gasteiger partial charge in [-0.2, -0.15) is 0 Å². The van der Waals surface area contributed by atoms with Crippen LogP contribution in [0.4, 0.5) is 0 Å². The summed E-state index contributed by atoms with van der Waals surface area (Å²) in [4.78, 5) is 20.9. The molecule has 0 aromatic rings. The molecule has 6 nitrogen and oxygen atoms in total. The molecular weight excluding hydrogens is 432 g/mol. The molecule has 4 fully saturated rings. The Kier molecular flexibility index (Phi) is 8.77. The number of hydrogen-bond acceptors (Lipinski definition) is 5. The molecule has 0 radical (unpaired) electrons. The molecule has 0 aromatic carbocycles. The summed E-state index contributed by atoms with van der Waals surface area (Å²) in [7, 11) is 0. The predicted octanol–water partition coefficient (Wildman–Crippen LogP) is 5.05. The summed E-state index contributed by atoms with van der Waals surface area (Å²) < 4.78 is 4.40. The molecule has 6 heteroatoms. The number of hydrogen-bond donors (Lipinski definition) is 3. The fourth-order valence-electron chi connectivity index (χ4n) is 8.93. The Balaban J connectivity index is 0.000000481. The van der Waals surface area contributed by atoms with Crippen molar-refractivity contribution >= 4 is 11.9 Å². The van der Waals surface area contributed by atoms with Crippen molar-refractivity contribution < 1.29 is 29.6 Å². The highest BCUT2D eigenvalue weighted by molar-refractivity contribution is 5.66. The van der Waals surface area contributed by atoms with E-state index in [1.807, 2.05) is 0 Å². The van der Waals surface area contributed by atoms with Crippen molar-refractivity contribution in [3.05, 3.63) is 0 Å². The molecule has 4 aliphatic carbocycles. The van der Waals surface area contributed by atoms with E-state index in [0.29, 0.717) is 42.1 Å². The molecule has 196 valence electrons. The minimum atomic E-state index is -0.684. The fourth-order valence-corrected chi connectivity index (χ4v) is 8.93. The summed E-state index contributed by atoms with van der Waals surface area (Å²) >= 11 is 0. The summed E-state index contributed by atoms with van der Waals surface area (Å²) in [6, 6.07) is 0. The van der Waals surface area contributed by atoms with Gasteiger partial charge in [-0.25, -0.2) is 0 Å². The van der Waals surface area contributed by atoms with Crippen LogP contribution in [0.15, 0.2) is 0 Å². The summed E-state index contributed by atoms with van der Waals surface area (Å²) in [5, 5.41) is 30.5. The van der Waals surface area contributed by atoms with Gasteiger partial charge >= 0.3 is 11.9 Å². The summed E-state index contributed by atoms with van der Waals surface area (Å²) in [5.74, 6) is 2.15. The van der Waals surface area contributed by atoms with Gasteiger partial charge in [0.2, 0.25) is 0 Å². The smallest absolute Gasteiger partial charge is 0.303 e. The SMILES string of the molecule is CCOC(C)=O.C[C@H](CCC(=O)O)[C@H]1CC[C@H]2[C@@H]3[C@H](O)C[C@@H]4C[C@H](O)CC[C@]4(C)[C@H]3CC[C@]12C. The Morgan fingerprint density at radius 2 is 1.65 bits per heavy atom. The lowest BCUT2D eigenvalue weighted by Gasteiger charge is -2.62. The second-order valence-electron chi connectivity index (χ2n) is 12.3. The van der Waals surface area contributed by atoms with Gasteiger partial charge in [0.15, 0.2) is 0 Å². The molecule has 0 unspecified atom stereocenters. The van der Waals surface area contributed by atoms with Gasteiger partial charge < -0.3 is 20.1 Å². The van der Waals surface area contributed by atoms with Gasteiger partial charge in [0.05, 0.1) is 18.8 Å². The number of aliphatic carboxylic acids is 1. The van der Waals surface area contributed by atoms with Crippen molar-refractivity contribution in [1.29, 1.82) is 0 Å². The van der Waals surface area contributed by atoms with Crippen molar-refractivity contribution in [2.24, 2.45) is 46.3 Å². The maximum absolute atomic E-state index is 11.2. The first-order valence-electron chi connectivity index (χ1n) is 13.6. The molecule has 0 spiro atoms. The Bertz CT molecular complexity index is 724. The Hall–Kier alpha value is -1.14. The van der Waals surface area contributed by atoms with Crippen LogP contribution < -0.4 is 0 Å². The normalized spacial score (nSPS) is 43.9. The molecule has 4 saturated carbocycles. The molecule has 0 amide bonds. The first kappa shape index (κ1) is 27.4. The van der Waals surface area contributed by atoms with Gasteiger partial charge in [0.1, 0.15) is 0 Å². The van der Waals surface area contributed by atoms with Crippen molar-refractivity contribution in [2.75, 3.05) is 6.61 Å². The fraction of sp³-hybridized carbons (Fsp3) is 0.929. The van der Waals surface area contributed by atoms with Crippen molar-refractivity contribution in [2.45, 2.75) is 111 Å². The second kappa shape index (κ2) is 10.9. The van der Waals surface area contributed by atoms with Crippen LogP contribution in [0, 0.1) is 46.3 Å². The summed E-state index contributed by atoms with van der Waals surface area (Å²) in [6.45, 7) is 10.8. The van der Waals surface area contributed by atoms with E-state index in [9.17, 15) is 19.8 Å². The number of carboxylic acids is 1. The molecule has 0 heterocycles. The minimum absolute atomic E-state index is 0.179. The van der Waals surface area contributed by atoms with Crippen LogP contribution in [-0.2, 0) is 14.3 Å². The van der Waals surface area contributed by atoms with Crippen LogP contribution >= 0.6 is 0 Å². The Labute approximate surface area is 205 Å². The third-order valence-corrected chi connectivity index (χ3v) is 10.6. The van der Waals surface area contributed by atoms with E-state index in [-0.39, 0.29) is 35.4 Å². The molecule has 4 rings (SSSR count). The monoisotopic (exact) mass is 480 g/mol. The number of ether oxygens (including phenoxy) is 1. The van der Waals surface area contributed by atoms with Gasteiger partial charge in [0, 0.05) is 13.3 Å². The zero-order valence-corrected chi connectivity index (χ0v) is 22.0. The van der Waals surface area contributed by atoms with E-state index >= 15 is 0 Å². The quantitative estimate of drug-likeness (QED) is 0.476. The van der Waals surface area contributed by atoms with Gasteiger partial charge in [-0.15, -0.1) is 0 Å². The zero-order chi connectivity index (χ0) is 25.3. The van der Waals surface area contributed by atoms with E-state index in [2.05, 4.69) is 25.5 Å². The molecule has 4 aliphatic rings. The second-order valence-corrected chi connectivity index (χ2v) is 12.3. The van der Waals surface area contributed by atoms with E-state index in [0.717, 1.165) is 32.1 Å². The van der Waals surface area contributed by atoms with Gasteiger partial charge in [-0.3, -0.25) is 9.59 Å². The van der Waals surface area contributed by atoms with Gasteiger partial charge in [-0.05, 0) is 111 Å². The van der Waals surface area contributed by atoms with Crippen molar-refractivity contribution in [3.8, 4) is 0 Å². The Morgan fingerprint density at radius 3 is 2.24 bits per heavy atom. The maximum atomic E-state index is 11.2. The lowest BCUT2D eigenvalue weighted by molar-refractivity contribution is -0.174. The standard InChI is InChI=1S/C24H40O4.C4H8O2/c1-14(4-7-21(27)28)17-5-6-18-22-19(9-11-24(17,18)3)23(2)10-8-16(25)12-15(23)13-20(22)26;1-3-6-4(2)5/h14-20,22,25-26H,4-13H2,1-3H3,(H,27,28);3H2,1-2H3/t14-,15+,16-,17-,18+,19+,20-,22+,23+,24-;/m1./s1. The Morgan fingerprint density at radius 1 is 1.00 bits per heavy atom. The molecule has 0 bridgehead atoms. The third kappa shape index (κ3) is 5.33. The average Bonchev–Trinajstić information content (AvgIpc) is 3.11. The molecular formula is C28H48O6. The highest BCUT2D eigenvalue weighted by Crippen LogP contribution is 2.68. The van der Waals surface area contributed by atoms with Crippen molar-refractivity contribution in [1.82, 2.24) is 0 Å². The highest BCUT2D eigenvalue weighted by Gasteiger charge is 2.62.